The molecule has 0 aliphatic carbocycles. The highest BCUT2D eigenvalue weighted by molar-refractivity contribution is 7.80. The highest BCUT2D eigenvalue weighted by atomic mass is 32.1. The van der Waals surface area contributed by atoms with Crippen molar-refractivity contribution in [2.24, 2.45) is 0 Å². The summed E-state index contributed by atoms with van der Waals surface area (Å²) in [6.07, 6.45) is 2.48. The predicted octanol–water partition coefficient (Wildman–Crippen LogP) is 2.94. The summed E-state index contributed by atoms with van der Waals surface area (Å²) in [4.78, 5) is 37.3. The number of thiocarbonyl (C=S) groups is 1. The van der Waals surface area contributed by atoms with Crippen LogP contribution in [-0.2, 0) is 38.9 Å². The van der Waals surface area contributed by atoms with E-state index in [1.807, 2.05) is 0 Å². The van der Waals surface area contributed by atoms with E-state index >= 15 is 0 Å². The van der Waals surface area contributed by atoms with E-state index in [2.05, 4.69) is 10.6 Å². The monoisotopic (exact) mass is 705 g/mol. The van der Waals surface area contributed by atoms with Crippen LogP contribution in [0.2, 0.25) is 0 Å². The number of rotatable bonds is 16. The lowest BCUT2D eigenvalue weighted by atomic mass is 9.77. The van der Waals surface area contributed by atoms with Crippen molar-refractivity contribution < 1.29 is 53.0 Å². The van der Waals surface area contributed by atoms with E-state index < -0.39 is 11.6 Å². The zero-order valence-corrected chi connectivity index (χ0v) is 27.7. The minimum absolute atomic E-state index is 0.0167. The van der Waals surface area contributed by atoms with Gasteiger partial charge in [-0.1, -0.05) is 6.07 Å². The van der Waals surface area contributed by atoms with Crippen molar-refractivity contribution in [2.75, 3.05) is 71.3 Å². The molecule has 0 unspecified atom stereocenters. The number of phenolic OH excluding ortho intramolecular Hbond substituents is 2. The molecule has 0 fully saturated rings. The van der Waals surface area contributed by atoms with Crippen LogP contribution in [0.1, 0.15) is 27.0 Å². The zero-order valence-electron chi connectivity index (χ0n) is 26.8. The average molecular weight is 706 g/mol. The molecule has 3 aromatic carbocycles. The molecule has 3 aromatic rings. The molecule has 0 bridgehead atoms. The first-order chi connectivity index (χ1) is 24.3. The number of nitrogens with zero attached hydrogens (tertiary/aromatic N) is 1. The number of nitrogens with one attached hydrogen (secondary N) is 2. The Labute approximate surface area is 292 Å². The van der Waals surface area contributed by atoms with Gasteiger partial charge >= 0.3 is 5.97 Å². The van der Waals surface area contributed by atoms with E-state index in [9.17, 15) is 24.6 Å². The number of phenols is 2. The van der Waals surface area contributed by atoms with E-state index in [4.69, 9.17) is 40.6 Å². The van der Waals surface area contributed by atoms with Gasteiger partial charge in [0.2, 0.25) is 0 Å². The fourth-order valence-corrected chi connectivity index (χ4v) is 5.98. The molecule has 0 atom stereocenters. The van der Waals surface area contributed by atoms with Gasteiger partial charge in [0.1, 0.15) is 23.0 Å². The molecule has 14 nitrogen and oxygen atoms in total. The number of aromatic hydroxyl groups is 2. The van der Waals surface area contributed by atoms with Crippen molar-refractivity contribution in [1.82, 2.24) is 10.2 Å². The summed E-state index contributed by atoms with van der Waals surface area (Å²) < 4.78 is 34.0. The third-order valence-electron chi connectivity index (χ3n) is 8.04. The van der Waals surface area contributed by atoms with Crippen LogP contribution in [0.5, 0.6) is 23.0 Å². The summed E-state index contributed by atoms with van der Waals surface area (Å²) >= 11 is 5.43. The summed E-state index contributed by atoms with van der Waals surface area (Å²) in [6, 6.07) is 14.4. The maximum atomic E-state index is 13.3. The van der Waals surface area contributed by atoms with Crippen molar-refractivity contribution in [3.05, 3.63) is 89.0 Å². The fourth-order valence-electron chi connectivity index (χ4n) is 5.76. The number of benzene rings is 3. The number of fused-ring (bicyclic) bond motifs is 6. The highest BCUT2D eigenvalue weighted by Crippen LogP contribution is 2.57. The lowest BCUT2D eigenvalue weighted by Gasteiger charge is -2.36. The van der Waals surface area contributed by atoms with Crippen LogP contribution in [0, 0.1) is 0 Å². The molecule has 3 aliphatic rings. The number of esters is 1. The lowest BCUT2D eigenvalue weighted by molar-refractivity contribution is -0.137. The van der Waals surface area contributed by atoms with E-state index in [1.54, 1.807) is 30.3 Å². The summed E-state index contributed by atoms with van der Waals surface area (Å²) in [5.41, 5.74) is 1.25. The van der Waals surface area contributed by atoms with Crippen molar-refractivity contribution in [3.8, 4) is 23.0 Å². The summed E-state index contributed by atoms with van der Waals surface area (Å²) in [5.74, 6) is -0.615. The van der Waals surface area contributed by atoms with Crippen molar-refractivity contribution in [3.63, 3.8) is 0 Å². The summed E-state index contributed by atoms with van der Waals surface area (Å²) in [6.45, 7) is 3.57. The zero-order chi connectivity index (χ0) is 35.1. The number of ether oxygens (including phenoxy) is 6. The normalized spacial score (nSPS) is 15.0. The molecule has 0 saturated carbocycles. The molecular weight excluding hydrogens is 670 g/mol. The second kappa shape index (κ2) is 15.7. The molecule has 1 spiro atoms. The number of hydrogen-bond donors (Lipinski definition) is 4. The quantitative estimate of drug-likeness (QED) is 0.0741. The van der Waals surface area contributed by atoms with Gasteiger partial charge in [-0.3, -0.25) is 14.5 Å². The van der Waals surface area contributed by atoms with E-state index in [0.29, 0.717) is 97.3 Å². The predicted molar refractivity (Wildman–Crippen MR) is 181 cm³/mol. The van der Waals surface area contributed by atoms with Crippen LogP contribution < -0.4 is 15.4 Å². The van der Waals surface area contributed by atoms with E-state index in [1.165, 1.54) is 36.4 Å². The molecule has 2 amide bonds. The van der Waals surface area contributed by atoms with Gasteiger partial charge in [0.25, 0.3) is 11.8 Å². The van der Waals surface area contributed by atoms with Gasteiger partial charge in [-0.15, -0.1) is 0 Å². The van der Waals surface area contributed by atoms with Gasteiger partial charge in [0.05, 0.1) is 65.0 Å². The van der Waals surface area contributed by atoms with Crippen molar-refractivity contribution in [2.45, 2.75) is 5.60 Å². The van der Waals surface area contributed by atoms with Crippen LogP contribution in [0.25, 0.3) is 0 Å². The molecule has 262 valence electrons. The van der Waals surface area contributed by atoms with Gasteiger partial charge in [0.15, 0.2) is 10.7 Å². The third kappa shape index (κ3) is 7.56. The largest absolute Gasteiger partial charge is 0.508 e. The maximum Gasteiger partial charge on any atom is 0.340 e. The third-order valence-corrected chi connectivity index (χ3v) is 8.29. The Bertz CT molecular complexity index is 1740. The van der Waals surface area contributed by atoms with Crippen LogP contribution in [0.3, 0.4) is 0 Å². The first-order valence-electron chi connectivity index (χ1n) is 15.9. The molecular formula is C35H35N3O11S. The Morgan fingerprint density at radius 3 is 1.86 bits per heavy atom. The molecule has 6 rings (SSSR count). The molecule has 0 aromatic heterocycles. The van der Waals surface area contributed by atoms with Crippen LogP contribution in [-0.4, -0.2) is 104 Å². The Morgan fingerprint density at radius 2 is 1.26 bits per heavy atom. The molecule has 15 heteroatoms. The number of amides is 2. The molecule has 50 heavy (non-hydrogen) atoms. The van der Waals surface area contributed by atoms with E-state index in [0.717, 1.165) is 4.90 Å². The molecule has 0 saturated heterocycles. The minimum atomic E-state index is -1.34. The summed E-state index contributed by atoms with van der Waals surface area (Å²) in [7, 11) is 0. The highest BCUT2D eigenvalue weighted by Gasteiger charge is 2.53. The minimum Gasteiger partial charge on any atom is -0.508 e. The van der Waals surface area contributed by atoms with Gasteiger partial charge in [0, 0.05) is 53.2 Å². The number of carbonyl (C=O) groups excluding carboxylic acids is 3. The van der Waals surface area contributed by atoms with Crippen LogP contribution >= 0.6 is 12.2 Å². The fraction of sp³-hybridized carbons (Fsp3) is 0.314. The average Bonchev–Trinajstić information content (AvgIpc) is 3.56. The van der Waals surface area contributed by atoms with Crippen LogP contribution in [0.4, 0.5) is 5.69 Å². The molecule has 3 heterocycles. The second-order valence-corrected chi connectivity index (χ2v) is 11.7. The Morgan fingerprint density at radius 1 is 0.720 bits per heavy atom. The van der Waals surface area contributed by atoms with Crippen LogP contribution in [0.15, 0.2) is 66.7 Å². The van der Waals surface area contributed by atoms with Gasteiger partial charge < -0.3 is 49.3 Å². The Kier molecular flexibility index (Phi) is 10.9. The molecule has 3 aliphatic heterocycles. The second-order valence-electron chi connectivity index (χ2n) is 11.3. The van der Waals surface area contributed by atoms with E-state index in [-0.39, 0.29) is 36.5 Å². The first kappa shape index (κ1) is 34.8. The standard InChI is InChI=1S/C35H35N3O11S/c39-23-2-5-27-29(20-23)48-30-21-24(40)3-6-28(30)35(27)26-4-1-22(19-25(26)33(43)49-35)37-34(50)36-9-11-44-13-15-46-17-18-47-16-14-45-12-10-38-31(41)7-8-32(38)42/h1-8,19-21,39-40H,9-18H2,(H2,36,37,50). The molecule has 4 N–H and O–H groups in total. The van der Waals surface area contributed by atoms with Crippen molar-refractivity contribution >= 4 is 40.8 Å². The number of carbonyl (C=O) groups is 3. The lowest BCUT2D eigenvalue weighted by Crippen LogP contribution is -2.33. The number of hydrogen-bond acceptors (Lipinski definition) is 12. The number of imide groups is 1. The van der Waals surface area contributed by atoms with Gasteiger partial charge in [-0.05, 0) is 48.6 Å². The smallest absolute Gasteiger partial charge is 0.340 e. The van der Waals surface area contributed by atoms with Gasteiger partial charge in [-0.2, -0.15) is 0 Å². The first-order valence-corrected chi connectivity index (χ1v) is 16.3. The molecule has 0 radical (unpaired) electrons. The van der Waals surface area contributed by atoms with Gasteiger partial charge in [-0.25, -0.2) is 4.79 Å². The summed E-state index contributed by atoms with van der Waals surface area (Å²) in [5, 5.41) is 26.7. The Hall–Kier alpha value is -5.06. The SMILES string of the molecule is O=C1OC2(c3ccc(O)cc3Oc3cc(O)ccc32)c2ccc(NC(=S)NCCOCCOCCOCCOCCN3C(=O)C=CC3=O)cc21. The van der Waals surface area contributed by atoms with Crippen molar-refractivity contribution in [1.29, 1.82) is 0 Å². The Balaban J connectivity index is 0.885. The maximum absolute atomic E-state index is 13.3. The number of anilines is 1. The topological polar surface area (TPSA) is 174 Å².